The highest BCUT2D eigenvalue weighted by atomic mass is 16.5. The number of hydrogen-bond donors (Lipinski definition) is 2. The molecule has 2 N–H and O–H groups in total. The number of fused-ring (bicyclic) bond motifs is 1. The topological polar surface area (TPSA) is 92.7 Å². The van der Waals surface area contributed by atoms with E-state index in [-0.39, 0.29) is 31.1 Å². The number of nitrogens with one attached hydrogen (secondary N) is 1. The van der Waals surface area contributed by atoms with Crippen molar-refractivity contribution in [2.75, 3.05) is 6.61 Å². The summed E-state index contributed by atoms with van der Waals surface area (Å²) in [7, 11) is 0. The number of carboxylic acids is 1. The SMILES string of the molecule is CCOC1CC(NC(=O)CCC(=O)c2ccc3c(c2)CCC3)(C(=O)O)C1(C)C. The molecule has 3 rings (SSSR count). The normalized spacial score (nSPS) is 24.9. The monoisotopic (exact) mass is 387 g/mol. The number of carbonyl (C=O) groups excluding carboxylic acids is 2. The Hall–Kier alpha value is -2.21. The van der Waals surface area contributed by atoms with Crippen molar-refractivity contribution in [2.45, 2.75) is 70.9 Å². The second-order valence-corrected chi connectivity index (χ2v) is 8.39. The number of benzene rings is 1. The van der Waals surface area contributed by atoms with E-state index in [4.69, 9.17) is 4.74 Å². The lowest BCUT2D eigenvalue weighted by molar-refractivity contribution is -0.194. The Kier molecular flexibility index (Phi) is 5.62. The molecule has 0 aliphatic heterocycles. The molecule has 1 aromatic rings. The molecule has 0 heterocycles. The van der Waals surface area contributed by atoms with Crippen molar-refractivity contribution >= 4 is 17.7 Å². The molecule has 6 heteroatoms. The van der Waals surface area contributed by atoms with Gasteiger partial charge < -0.3 is 15.2 Å². The standard InChI is InChI=1S/C22H29NO5/c1-4-28-18-13-22(20(26)27,21(18,2)3)23-19(25)11-10-17(24)16-9-8-14-6-5-7-15(14)12-16/h8-9,12,18H,4-7,10-11,13H2,1-3H3,(H,23,25)(H,26,27). The van der Waals surface area contributed by atoms with Crippen LogP contribution in [0.15, 0.2) is 18.2 Å². The molecule has 0 aromatic heterocycles. The van der Waals surface area contributed by atoms with Crippen LogP contribution in [0.25, 0.3) is 0 Å². The fourth-order valence-electron chi connectivity index (χ4n) is 4.45. The Morgan fingerprint density at radius 2 is 1.89 bits per heavy atom. The third-order valence-corrected chi connectivity index (χ3v) is 6.48. The predicted molar refractivity (Wildman–Crippen MR) is 104 cm³/mol. The number of rotatable bonds is 8. The van der Waals surface area contributed by atoms with Crippen LogP contribution in [-0.4, -0.2) is 41.0 Å². The van der Waals surface area contributed by atoms with E-state index in [0.29, 0.717) is 12.2 Å². The molecule has 2 aliphatic carbocycles. The summed E-state index contributed by atoms with van der Waals surface area (Å²) in [6.45, 7) is 5.94. The number of aliphatic carboxylic acids is 1. The predicted octanol–water partition coefficient (Wildman–Crippen LogP) is 2.91. The highest BCUT2D eigenvalue weighted by Crippen LogP contribution is 2.51. The number of carbonyl (C=O) groups is 3. The second kappa shape index (κ2) is 7.66. The number of carboxylic acid groups (broad SMARTS) is 1. The van der Waals surface area contributed by atoms with Gasteiger partial charge in [-0.15, -0.1) is 0 Å². The molecule has 1 aromatic carbocycles. The summed E-state index contributed by atoms with van der Waals surface area (Å²) in [5, 5.41) is 12.4. The molecule has 6 nitrogen and oxygen atoms in total. The van der Waals surface area contributed by atoms with Crippen molar-refractivity contribution in [1.29, 1.82) is 0 Å². The molecule has 0 radical (unpaired) electrons. The van der Waals surface area contributed by atoms with Gasteiger partial charge in [-0.25, -0.2) is 4.79 Å². The Bertz CT molecular complexity index is 800. The van der Waals surface area contributed by atoms with Crippen molar-refractivity contribution < 1.29 is 24.2 Å². The van der Waals surface area contributed by atoms with Crippen molar-refractivity contribution in [3.8, 4) is 0 Å². The largest absolute Gasteiger partial charge is 0.479 e. The molecular weight excluding hydrogens is 358 g/mol. The summed E-state index contributed by atoms with van der Waals surface area (Å²) in [6, 6.07) is 5.76. The van der Waals surface area contributed by atoms with Crippen LogP contribution in [0.4, 0.5) is 0 Å². The van der Waals surface area contributed by atoms with E-state index in [1.54, 1.807) is 13.8 Å². The van der Waals surface area contributed by atoms with Crippen LogP contribution < -0.4 is 5.32 Å². The number of aryl methyl sites for hydroxylation is 2. The van der Waals surface area contributed by atoms with Crippen LogP contribution in [0.2, 0.25) is 0 Å². The van der Waals surface area contributed by atoms with Crippen molar-refractivity contribution in [3.05, 3.63) is 34.9 Å². The van der Waals surface area contributed by atoms with Gasteiger partial charge in [-0.2, -0.15) is 0 Å². The van der Waals surface area contributed by atoms with Gasteiger partial charge in [0.2, 0.25) is 5.91 Å². The van der Waals surface area contributed by atoms with Gasteiger partial charge in [0, 0.05) is 36.8 Å². The maximum absolute atomic E-state index is 12.5. The first-order chi connectivity index (χ1) is 13.2. The molecule has 2 unspecified atom stereocenters. The Labute approximate surface area is 165 Å². The summed E-state index contributed by atoms with van der Waals surface area (Å²) in [5.41, 5.74) is 1.06. The summed E-state index contributed by atoms with van der Waals surface area (Å²) >= 11 is 0. The molecule has 1 fully saturated rings. The lowest BCUT2D eigenvalue weighted by Crippen LogP contribution is -2.76. The fraction of sp³-hybridized carbons (Fsp3) is 0.591. The van der Waals surface area contributed by atoms with E-state index in [2.05, 4.69) is 5.32 Å². The highest BCUT2D eigenvalue weighted by molar-refractivity contribution is 5.99. The average Bonchev–Trinajstić information content (AvgIpc) is 3.12. The van der Waals surface area contributed by atoms with Crippen LogP contribution in [0.1, 0.15) is 67.9 Å². The van der Waals surface area contributed by atoms with E-state index in [0.717, 1.165) is 19.3 Å². The third-order valence-electron chi connectivity index (χ3n) is 6.48. The van der Waals surface area contributed by atoms with Crippen molar-refractivity contribution in [2.24, 2.45) is 5.41 Å². The van der Waals surface area contributed by atoms with Crippen LogP contribution in [-0.2, 0) is 27.2 Å². The van der Waals surface area contributed by atoms with E-state index in [9.17, 15) is 19.5 Å². The first kappa shape index (κ1) is 20.5. The molecule has 0 saturated heterocycles. The maximum atomic E-state index is 12.5. The Morgan fingerprint density at radius 3 is 2.54 bits per heavy atom. The Morgan fingerprint density at radius 1 is 1.18 bits per heavy atom. The van der Waals surface area contributed by atoms with Crippen LogP contribution >= 0.6 is 0 Å². The molecule has 152 valence electrons. The van der Waals surface area contributed by atoms with Gasteiger partial charge in [0.15, 0.2) is 5.78 Å². The maximum Gasteiger partial charge on any atom is 0.330 e. The molecule has 0 spiro atoms. The quantitative estimate of drug-likeness (QED) is 0.669. The van der Waals surface area contributed by atoms with Gasteiger partial charge >= 0.3 is 5.97 Å². The van der Waals surface area contributed by atoms with Crippen molar-refractivity contribution in [1.82, 2.24) is 5.32 Å². The van der Waals surface area contributed by atoms with Gasteiger partial charge in [0.1, 0.15) is 5.54 Å². The first-order valence-corrected chi connectivity index (χ1v) is 10.0. The zero-order valence-electron chi connectivity index (χ0n) is 16.8. The first-order valence-electron chi connectivity index (χ1n) is 10.0. The minimum Gasteiger partial charge on any atom is -0.479 e. The van der Waals surface area contributed by atoms with Crippen LogP contribution in [0.3, 0.4) is 0 Å². The van der Waals surface area contributed by atoms with Gasteiger partial charge in [-0.1, -0.05) is 26.0 Å². The van der Waals surface area contributed by atoms with Crippen LogP contribution in [0.5, 0.6) is 0 Å². The van der Waals surface area contributed by atoms with E-state index >= 15 is 0 Å². The smallest absolute Gasteiger partial charge is 0.330 e. The minimum atomic E-state index is -1.36. The molecule has 0 bridgehead atoms. The number of ether oxygens (including phenoxy) is 1. The summed E-state index contributed by atoms with van der Waals surface area (Å²) in [5.74, 6) is -1.57. The number of Topliss-reactive ketones (excluding diaryl/α,β-unsaturated/α-hetero) is 1. The zero-order valence-corrected chi connectivity index (χ0v) is 16.8. The van der Waals surface area contributed by atoms with Gasteiger partial charge in [-0.3, -0.25) is 9.59 Å². The van der Waals surface area contributed by atoms with Gasteiger partial charge in [0.05, 0.1) is 6.10 Å². The summed E-state index contributed by atoms with van der Waals surface area (Å²) in [6.07, 6.45) is 3.22. The molecular formula is C22H29NO5. The van der Waals surface area contributed by atoms with Gasteiger partial charge in [-0.05, 0) is 43.4 Å². The van der Waals surface area contributed by atoms with Crippen molar-refractivity contribution in [3.63, 3.8) is 0 Å². The van der Waals surface area contributed by atoms with E-state index in [1.807, 2.05) is 25.1 Å². The molecule has 1 amide bonds. The number of amides is 1. The van der Waals surface area contributed by atoms with Gasteiger partial charge in [0.25, 0.3) is 0 Å². The highest BCUT2D eigenvalue weighted by Gasteiger charge is 2.66. The summed E-state index contributed by atoms with van der Waals surface area (Å²) < 4.78 is 5.60. The molecule has 2 aliphatic rings. The molecule has 1 saturated carbocycles. The molecule has 2 atom stereocenters. The lowest BCUT2D eigenvalue weighted by atomic mass is 9.54. The second-order valence-electron chi connectivity index (χ2n) is 8.39. The fourth-order valence-corrected chi connectivity index (χ4v) is 4.45. The minimum absolute atomic E-state index is 0.0275. The van der Waals surface area contributed by atoms with Crippen LogP contribution in [0, 0.1) is 5.41 Å². The van der Waals surface area contributed by atoms with E-state index < -0.39 is 22.8 Å². The van der Waals surface area contributed by atoms with E-state index in [1.165, 1.54) is 11.1 Å². The Balaban J connectivity index is 1.60. The summed E-state index contributed by atoms with van der Waals surface area (Å²) in [4.78, 5) is 36.9. The average molecular weight is 387 g/mol. The zero-order chi connectivity index (χ0) is 20.5. The number of hydrogen-bond acceptors (Lipinski definition) is 4. The molecule has 28 heavy (non-hydrogen) atoms. The lowest BCUT2D eigenvalue weighted by Gasteiger charge is -2.58. The third kappa shape index (κ3) is 3.46. The number of ketones is 1.